The van der Waals surface area contributed by atoms with Crippen molar-refractivity contribution in [3.8, 4) is 5.69 Å². The fourth-order valence-corrected chi connectivity index (χ4v) is 3.13. The van der Waals surface area contributed by atoms with Crippen LogP contribution in [-0.2, 0) is 19.5 Å². The molecule has 0 aliphatic heterocycles. The molecule has 0 radical (unpaired) electrons. The molecule has 0 amide bonds. The van der Waals surface area contributed by atoms with E-state index in [-0.39, 0.29) is 24.0 Å². The van der Waals surface area contributed by atoms with Crippen LogP contribution in [0.15, 0.2) is 53.9 Å². The molecule has 26 heavy (non-hydrogen) atoms. The number of aryl methyl sites for hydroxylation is 1. The highest BCUT2D eigenvalue weighted by molar-refractivity contribution is 14.0. The van der Waals surface area contributed by atoms with Gasteiger partial charge in [-0.3, -0.25) is 4.99 Å². The second-order valence-corrected chi connectivity index (χ2v) is 6.68. The summed E-state index contributed by atoms with van der Waals surface area (Å²) in [6.45, 7) is 3.47. The third-order valence-corrected chi connectivity index (χ3v) is 4.84. The van der Waals surface area contributed by atoms with Gasteiger partial charge < -0.3 is 10.6 Å². The normalized spacial score (nSPS) is 11.1. The first-order valence-corrected chi connectivity index (χ1v) is 9.07. The van der Waals surface area contributed by atoms with Gasteiger partial charge in [0.2, 0.25) is 0 Å². The fraction of sp³-hybridized carbons (Fsp3) is 0.278. The smallest absolute Gasteiger partial charge is 0.191 e. The quantitative estimate of drug-likeness (QED) is 0.321. The molecule has 8 heteroatoms. The maximum Gasteiger partial charge on any atom is 0.191 e. The van der Waals surface area contributed by atoms with Gasteiger partial charge in [0, 0.05) is 36.4 Å². The minimum Gasteiger partial charge on any atom is -0.352 e. The number of hydrogen-bond acceptors (Lipinski definition) is 4. The van der Waals surface area contributed by atoms with Crippen molar-refractivity contribution in [3.05, 3.63) is 64.4 Å². The number of nitrogens with one attached hydrogen (secondary N) is 2. The van der Waals surface area contributed by atoms with Crippen LogP contribution < -0.4 is 10.6 Å². The molecule has 0 atom stereocenters. The number of guanidine groups is 1. The molecule has 3 aromatic rings. The Balaban J connectivity index is 0.00000243. The van der Waals surface area contributed by atoms with E-state index in [0.717, 1.165) is 28.6 Å². The third kappa shape index (κ3) is 5.53. The van der Waals surface area contributed by atoms with E-state index in [2.05, 4.69) is 32.6 Å². The molecular weight excluding hydrogens is 459 g/mol. The topological polar surface area (TPSA) is 67.1 Å². The molecule has 2 aromatic heterocycles. The first kappa shape index (κ1) is 20.4. The molecule has 0 saturated carbocycles. The summed E-state index contributed by atoms with van der Waals surface area (Å²) in [6, 6.07) is 10.1. The van der Waals surface area contributed by atoms with Crippen molar-refractivity contribution in [2.24, 2.45) is 4.99 Å². The summed E-state index contributed by atoms with van der Waals surface area (Å²) < 4.78 is 1.87. The summed E-state index contributed by atoms with van der Waals surface area (Å²) >= 11 is 1.73. The van der Waals surface area contributed by atoms with Gasteiger partial charge in [0.05, 0.1) is 18.4 Å². The number of halogens is 1. The van der Waals surface area contributed by atoms with Gasteiger partial charge in [-0.1, -0.05) is 25.1 Å². The van der Waals surface area contributed by atoms with Gasteiger partial charge in [0.1, 0.15) is 5.01 Å². The van der Waals surface area contributed by atoms with Gasteiger partial charge in [-0.05, 0) is 18.6 Å². The van der Waals surface area contributed by atoms with Crippen molar-refractivity contribution in [2.45, 2.75) is 26.4 Å². The zero-order valence-corrected chi connectivity index (χ0v) is 18.0. The highest BCUT2D eigenvalue weighted by Crippen LogP contribution is 2.12. The van der Waals surface area contributed by atoms with E-state index in [1.807, 2.05) is 53.6 Å². The van der Waals surface area contributed by atoms with E-state index < -0.39 is 0 Å². The van der Waals surface area contributed by atoms with Crippen molar-refractivity contribution in [3.63, 3.8) is 0 Å². The van der Waals surface area contributed by atoms with Gasteiger partial charge in [0.25, 0.3) is 0 Å². The number of rotatable bonds is 6. The fourth-order valence-electron chi connectivity index (χ4n) is 2.33. The molecule has 1 aromatic carbocycles. The Morgan fingerprint density at radius 3 is 2.62 bits per heavy atom. The lowest BCUT2D eigenvalue weighted by Gasteiger charge is -2.09. The molecule has 6 nitrogen and oxygen atoms in total. The Hall–Kier alpha value is -1.94. The van der Waals surface area contributed by atoms with E-state index in [4.69, 9.17) is 0 Å². The van der Waals surface area contributed by atoms with Crippen LogP contribution in [0, 0.1) is 0 Å². The molecule has 0 spiro atoms. The predicted octanol–water partition coefficient (Wildman–Crippen LogP) is 3.37. The summed E-state index contributed by atoms with van der Waals surface area (Å²) in [4.78, 5) is 9.96. The number of para-hydroxylation sites is 1. The van der Waals surface area contributed by atoms with Crippen LogP contribution in [0.2, 0.25) is 0 Å². The van der Waals surface area contributed by atoms with Crippen LogP contribution in [0.1, 0.15) is 22.4 Å². The van der Waals surface area contributed by atoms with Crippen molar-refractivity contribution in [1.82, 2.24) is 25.4 Å². The zero-order chi connectivity index (χ0) is 17.5. The highest BCUT2D eigenvalue weighted by Gasteiger charge is 2.04. The molecule has 0 aliphatic rings. The van der Waals surface area contributed by atoms with Crippen molar-refractivity contribution in [2.75, 3.05) is 7.05 Å². The van der Waals surface area contributed by atoms with Gasteiger partial charge in [-0.2, -0.15) is 5.10 Å². The minimum absolute atomic E-state index is 0. The molecule has 0 bridgehead atoms. The van der Waals surface area contributed by atoms with Gasteiger partial charge in [-0.15, -0.1) is 35.3 Å². The molecule has 0 saturated heterocycles. The first-order valence-electron chi connectivity index (χ1n) is 8.25. The molecular formula is C18H23IN6S. The molecule has 2 N–H and O–H groups in total. The van der Waals surface area contributed by atoms with Gasteiger partial charge >= 0.3 is 0 Å². The zero-order valence-electron chi connectivity index (χ0n) is 14.8. The van der Waals surface area contributed by atoms with Crippen LogP contribution in [0.3, 0.4) is 0 Å². The average Bonchev–Trinajstić information content (AvgIpc) is 3.32. The van der Waals surface area contributed by atoms with Crippen LogP contribution in [-0.4, -0.2) is 27.8 Å². The predicted molar refractivity (Wildman–Crippen MR) is 118 cm³/mol. The standard InChI is InChI=1S/C18H22N6S.HI/c1-3-16-11-20-17(25-16)12-22-18(19-2)21-9-14-10-23-24(13-14)15-7-5-4-6-8-15;/h4-8,10-11,13H,3,9,12H2,1-2H3,(H2,19,21,22);1H. The second-order valence-electron chi connectivity index (χ2n) is 5.48. The molecule has 0 unspecified atom stereocenters. The summed E-state index contributed by atoms with van der Waals surface area (Å²) in [7, 11) is 1.77. The lowest BCUT2D eigenvalue weighted by molar-refractivity contribution is 0.804. The van der Waals surface area contributed by atoms with Gasteiger partial charge in [-0.25, -0.2) is 9.67 Å². The molecule has 0 aliphatic carbocycles. The van der Waals surface area contributed by atoms with E-state index in [1.54, 1.807) is 18.4 Å². The Morgan fingerprint density at radius 2 is 1.92 bits per heavy atom. The lowest BCUT2D eigenvalue weighted by atomic mass is 10.3. The maximum atomic E-state index is 4.41. The van der Waals surface area contributed by atoms with Crippen LogP contribution >= 0.6 is 35.3 Å². The third-order valence-electron chi connectivity index (χ3n) is 3.70. The van der Waals surface area contributed by atoms with Gasteiger partial charge in [0.15, 0.2) is 5.96 Å². The molecule has 138 valence electrons. The monoisotopic (exact) mass is 482 g/mol. The number of benzene rings is 1. The Bertz CT molecular complexity index is 827. The Kier molecular flexibility index (Phi) is 8.05. The van der Waals surface area contributed by atoms with E-state index in [1.165, 1.54) is 4.88 Å². The summed E-state index contributed by atoms with van der Waals surface area (Å²) in [5.74, 6) is 0.751. The van der Waals surface area contributed by atoms with Crippen molar-refractivity contribution >= 4 is 41.3 Å². The molecule has 3 rings (SSSR count). The maximum absolute atomic E-state index is 4.41. The lowest BCUT2D eigenvalue weighted by Crippen LogP contribution is -2.36. The number of aromatic nitrogens is 3. The SMILES string of the molecule is CCc1cnc(CNC(=NC)NCc2cnn(-c3ccccc3)c2)s1.I. The Labute approximate surface area is 174 Å². The largest absolute Gasteiger partial charge is 0.352 e. The minimum atomic E-state index is 0. The molecule has 2 heterocycles. The highest BCUT2D eigenvalue weighted by atomic mass is 127. The van der Waals surface area contributed by atoms with Crippen LogP contribution in [0.4, 0.5) is 0 Å². The number of thiazole rings is 1. The summed E-state index contributed by atoms with van der Waals surface area (Å²) in [6.07, 6.45) is 6.84. The number of hydrogen-bond donors (Lipinski definition) is 2. The molecule has 0 fully saturated rings. The van der Waals surface area contributed by atoms with E-state index in [9.17, 15) is 0 Å². The summed E-state index contributed by atoms with van der Waals surface area (Å²) in [5, 5.41) is 12.1. The van der Waals surface area contributed by atoms with Crippen molar-refractivity contribution < 1.29 is 0 Å². The van der Waals surface area contributed by atoms with E-state index in [0.29, 0.717) is 13.1 Å². The number of aliphatic imine (C=N–C) groups is 1. The van der Waals surface area contributed by atoms with Crippen molar-refractivity contribution in [1.29, 1.82) is 0 Å². The first-order chi connectivity index (χ1) is 12.3. The van der Waals surface area contributed by atoms with E-state index >= 15 is 0 Å². The van der Waals surface area contributed by atoms with Crippen LogP contribution in [0.5, 0.6) is 0 Å². The second kappa shape index (κ2) is 10.3. The van der Waals surface area contributed by atoms with Crippen LogP contribution in [0.25, 0.3) is 5.69 Å². The number of nitrogens with zero attached hydrogens (tertiary/aromatic N) is 4. The summed E-state index contributed by atoms with van der Waals surface area (Å²) in [5.41, 5.74) is 2.14. The Morgan fingerprint density at radius 1 is 1.15 bits per heavy atom. The average molecular weight is 482 g/mol.